The Hall–Kier alpha value is -0.190. The van der Waals surface area contributed by atoms with Gasteiger partial charge in [0.1, 0.15) is 6.17 Å². The normalized spacial score (nSPS) is 13.4. The van der Waals surface area contributed by atoms with Gasteiger partial charge in [-0.25, -0.2) is 0 Å². The molecule has 106 valence electrons. The third kappa shape index (κ3) is 5.76. The van der Waals surface area contributed by atoms with Crippen molar-refractivity contribution in [3.05, 3.63) is 34.9 Å². The van der Waals surface area contributed by atoms with Crippen LogP contribution in [0.2, 0.25) is 5.02 Å². The first-order valence-electron chi connectivity index (χ1n) is 5.59. The van der Waals surface area contributed by atoms with Gasteiger partial charge in [-0.15, -0.1) is 0 Å². The van der Waals surface area contributed by atoms with E-state index in [-0.39, 0.29) is 11.9 Å². The average molecular weight is 344 g/mol. The highest BCUT2D eigenvalue weighted by Crippen LogP contribution is 2.29. The van der Waals surface area contributed by atoms with Crippen molar-refractivity contribution in [1.82, 2.24) is 10.6 Å². The minimum absolute atomic E-state index is 0.0419. The molecule has 0 aliphatic carbocycles. The van der Waals surface area contributed by atoms with Gasteiger partial charge in [-0.1, -0.05) is 52.5 Å². The molecular weight excluding hydrogens is 330 g/mol. The largest absolute Gasteiger partial charge is 0.333 e. The molecule has 0 heterocycles. The molecule has 19 heavy (non-hydrogen) atoms. The van der Waals surface area contributed by atoms with E-state index in [4.69, 9.17) is 46.4 Å². The lowest BCUT2D eigenvalue weighted by Crippen LogP contribution is -2.55. The predicted molar refractivity (Wildman–Crippen MR) is 81.3 cm³/mol. The summed E-state index contributed by atoms with van der Waals surface area (Å²) in [6.07, 6.45) is -0.802. The second kappa shape index (κ2) is 7.00. The van der Waals surface area contributed by atoms with E-state index < -0.39 is 9.96 Å². The number of carbonyl (C=O) groups excluding carboxylic acids is 1. The first-order valence-corrected chi connectivity index (χ1v) is 7.10. The molecule has 0 saturated heterocycles. The van der Waals surface area contributed by atoms with E-state index >= 15 is 0 Å². The lowest BCUT2D eigenvalue weighted by Gasteiger charge is -2.28. The summed E-state index contributed by atoms with van der Waals surface area (Å²) in [5.41, 5.74) is 0.400. The first kappa shape index (κ1) is 16.9. The highest BCUT2D eigenvalue weighted by molar-refractivity contribution is 6.68. The quantitative estimate of drug-likeness (QED) is 0.645. The molecule has 0 saturated carbocycles. The van der Waals surface area contributed by atoms with Crippen molar-refractivity contribution in [3.63, 3.8) is 0 Å². The maximum absolute atomic E-state index is 12.0. The monoisotopic (exact) mass is 342 g/mol. The van der Waals surface area contributed by atoms with Gasteiger partial charge >= 0.3 is 0 Å². The van der Waals surface area contributed by atoms with Gasteiger partial charge in [0.25, 0.3) is 5.91 Å². The van der Waals surface area contributed by atoms with E-state index in [0.29, 0.717) is 10.6 Å². The number of halogens is 4. The molecule has 0 aliphatic rings. The maximum Gasteiger partial charge on any atom is 0.252 e. The molecule has 1 aromatic carbocycles. The highest BCUT2D eigenvalue weighted by atomic mass is 35.6. The Balaban J connectivity index is 2.82. The van der Waals surface area contributed by atoms with E-state index in [1.54, 1.807) is 24.3 Å². The number of nitrogens with one attached hydrogen (secondary N) is 2. The predicted octanol–water partition coefficient (Wildman–Crippen LogP) is 3.76. The van der Waals surface area contributed by atoms with Crippen LogP contribution in [0.3, 0.4) is 0 Å². The van der Waals surface area contributed by atoms with Gasteiger partial charge in [-0.3, -0.25) is 10.1 Å². The molecule has 3 nitrogen and oxygen atoms in total. The molecule has 1 rings (SSSR count). The van der Waals surface area contributed by atoms with Gasteiger partial charge in [0, 0.05) is 16.6 Å². The van der Waals surface area contributed by atoms with Crippen LogP contribution in [0.15, 0.2) is 24.3 Å². The third-order valence-corrected chi connectivity index (χ3v) is 3.08. The van der Waals surface area contributed by atoms with Crippen molar-refractivity contribution in [2.24, 2.45) is 0 Å². The standard InChI is InChI=1S/C12H14Cl4N2O/c1-7(2)17-11(12(14,15)16)18-10(19)8-4-3-5-9(13)6-8/h3-7,11,17H,1-2H3,(H,18,19). The van der Waals surface area contributed by atoms with Gasteiger partial charge in [0.05, 0.1) is 0 Å². The van der Waals surface area contributed by atoms with Crippen molar-refractivity contribution < 1.29 is 4.79 Å². The Labute approximate surface area is 132 Å². The summed E-state index contributed by atoms with van der Waals surface area (Å²) in [6.45, 7) is 3.77. The van der Waals surface area contributed by atoms with Gasteiger partial charge in [0.15, 0.2) is 0 Å². The summed E-state index contributed by atoms with van der Waals surface area (Å²) in [5.74, 6) is -0.369. The minimum Gasteiger partial charge on any atom is -0.333 e. The lowest BCUT2D eigenvalue weighted by atomic mass is 10.2. The fourth-order valence-corrected chi connectivity index (χ4v) is 1.94. The summed E-state index contributed by atoms with van der Waals surface area (Å²) in [6, 6.07) is 6.57. The molecule has 0 fully saturated rings. The van der Waals surface area contributed by atoms with Crippen LogP contribution in [0.25, 0.3) is 0 Å². The fourth-order valence-electron chi connectivity index (χ4n) is 1.40. The molecule has 0 aliphatic heterocycles. The van der Waals surface area contributed by atoms with E-state index in [2.05, 4.69) is 10.6 Å². The molecular formula is C12H14Cl4N2O. The maximum atomic E-state index is 12.0. The number of hydrogen-bond acceptors (Lipinski definition) is 2. The molecule has 1 atom stereocenters. The smallest absolute Gasteiger partial charge is 0.252 e. The topological polar surface area (TPSA) is 41.1 Å². The van der Waals surface area contributed by atoms with Crippen LogP contribution in [0.1, 0.15) is 24.2 Å². The van der Waals surface area contributed by atoms with E-state index in [0.717, 1.165) is 0 Å². The number of carbonyl (C=O) groups is 1. The molecule has 0 aromatic heterocycles. The Morgan fingerprint density at radius 2 is 1.89 bits per heavy atom. The zero-order valence-corrected chi connectivity index (χ0v) is 13.4. The molecule has 2 N–H and O–H groups in total. The molecule has 1 aromatic rings. The van der Waals surface area contributed by atoms with E-state index in [9.17, 15) is 4.79 Å². The number of benzene rings is 1. The van der Waals surface area contributed by atoms with Gasteiger partial charge < -0.3 is 5.32 Å². The molecule has 0 spiro atoms. The van der Waals surface area contributed by atoms with Crippen LogP contribution < -0.4 is 10.6 Å². The van der Waals surface area contributed by atoms with Crippen LogP contribution >= 0.6 is 46.4 Å². The van der Waals surface area contributed by atoms with Gasteiger partial charge in [0.2, 0.25) is 3.79 Å². The Morgan fingerprint density at radius 3 is 2.37 bits per heavy atom. The Bertz CT molecular complexity index is 446. The van der Waals surface area contributed by atoms with Crippen molar-refractivity contribution in [3.8, 4) is 0 Å². The molecule has 7 heteroatoms. The molecule has 1 amide bonds. The van der Waals surface area contributed by atoms with Crippen molar-refractivity contribution >= 4 is 52.3 Å². The van der Waals surface area contributed by atoms with Crippen LogP contribution in [0.5, 0.6) is 0 Å². The minimum atomic E-state index is -1.65. The van der Waals surface area contributed by atoms with Crippen LogP contribution in [-0.4, -0.2) is 21.9 Å². The fraction of sp³-hybridized carbons (Fsp3) is 0.417. The molecule has 1 unspecified atom stereocenters. The average Bonchev–Trinajstić information content (AvgIpc) is 2.26. The second-order valence-electron chi connectivity index (χ2n) is 4.28. The zero-order chi connectivity index (χ0) is 14.6. The SMILES string of the molecule is CC(C)NC(NC(=O)c1cccc(Cl)c1)C(Cl)(Cl)Cl. The lowest BCUT2D eigenvalue weighted by molar-refractivity contribution is 0.0928. The Kier molecular flexibility index (Phi) is 6.21. The van der Waals surface area contributed by atoms with Crippen LogP contribution in [0, 0.1) is 0 Å². The van der Waals surface area contributed by atoms with Crippen molar-refractivity contribution in [2.45, 2.75) is 29.8 Å². The van der Waals surface area contributed by atoms with E-state index in [1.165, 1.54) is 0 Å². The van der Waals surface area contributed by atoms with Crippen molar-refractivity contribution in [2.75, 3.05) is 0 Å². The second-order valence-corrected chi connectivity index (χ2v) is 7.09. The number of alkyl halides is 3. The number of amides is 1. The van der Waals surface area contributed by atoms with Gasteiger partial charge in [-0.2, -0.15) is 0 Å². The molecule has 0 bridgehead atoms. The summed E-state index contributed by atoms with van der Waals surface area (Å²) < 4.78 is -1.65. The molecule has 0 radical (unpaired) electrons. The summed E-state index contributed by atoms with van der Waals surface area (Å²) in [4.78, 5) is 12.0. The third-order valence-electron chi connectivity index (χ3n) is 2.19. The summed E-state index contributed by atoms with van der Waals surface area (Å²) in [5, 5.41) is 6.07. The summed E-state index contributed by atoms with van der Waals surface area (Å²) >= 11 is 23.3. The van der Waals surface area contributed by atoms with E-state index in [1.807, 2.05) is 13.8 Å². The zero-order valence-electron chi connectivity index (χ0n) is 10.4. The van der Waals surface area contributed by atoms with Gasteiger partial charge in [-0.05, 0) is 32.0 Å². The van der Waals surface area contributed by atoms with Crippen molar-refractivity contribution in [1.29, 1.82) is 0 Å². The Morgan fingerprint density at radius 1 is 1.26 bits per heavy atom. The number of hydrogen-bond donors (Lipinski definition) is 2. The van der Waals surface area contributed by atoms with Crippen LogP contribution in [-0.2, 0) is 0 Å². The number of rotatable bonds is 4. The first-order chi connectivity index (χ1) is 8.70. The van der Waals surface area contributed by atoms with Crippen LogP contribution in [0.4, 0.5) is 0 Å². The summed E-state index contributed by atoms with van der Waals surface area (Å²) in [7, 11) is 0. The highest BCUT2D eigenvalue weighted by Gasteiger charge is 2.34.